The summed E-state index contributed by atoms with van der Waals surface area (Å²) in [5.41, 5.74) is -0.109. The summed E-state index contributed by atoms with van der Waals surface area (Å²) >= 11 is 0. The Balaban J connectivity index is 2.77. The molecule has 1 aromatic carbocycles. The fourth-order valence-electron chi connectivity index (χ4n) is 1.51. The highest BCUT2D eigenvalue weighted by Crippen LogP contribution is 2.25. The van der Waals surface area contributed by atoms with Gasteiger partial charge in [-0.2, -0.15) is 0 Å². The highest BCUT2D eigenvalue weighted by molar-refractivity contribution is 5.76. The third-order valence-electron chi connectivity index (χ3n) is 2.50. The van der Waals surface area contributed by atoms with E-state index < -0.39 is 16.9 Å². The van der Waals surface area contributed by atoms with Gasteiger partial charge in [0, 0.05) is 6.07 Å². The highest BCUT2D eigenvalue weighted by Gasteiger charge is 2.17. The van der Waals surface area contributed by atoms with E-state index >= 15 is 0 Å². The third-order valence-corrected chi connectivity index (χ3v) is 2.50. The third kappa shape index (κ3) is 5.50. The summed E-state index contributed by atoms with van der Waals surface area (Å²) in [7, 11) is 0. The maximum Gasteiger partial charge on any atom is 0.306 e. The number of nitro groups is 1. The van der Waals surface area contributed by atoms with E-state index in [9.17, 15) is 19.7 Å². The van der Waals surface area contributed by atoms with E-state index in [1.54, 1.807) is 0 Å². The van der Waals surface area contributed by atoms with Crippen molar-refractivity contribution in [2.45, 2.75) is 19.4 Å². The molecule has 0 aliphatic rings. The maximum absolute atomic E-state index is 11.3. The van der Waals surface area contributed by atoms with Gasteiger partial charge in [-0.25, -0.2) is 0 Å². The number of rotatable bonds is 8. The first-order valence-corrected chi connectivity index (χ1v) is 6.15. The van der Waals surface area contributed by atoms with Crippen molar-refractivity contribution in [3.63, 3.8) is 0 Å². The standard InChI is InChI=1S/C14H13NO7/c1-2-7-21-11-3-4-12(15(19)20)10(8-11)9-22-14(18)6-5-13(16)17/h1,3-4,8H,5-7,9H2,(H,16,17). The van der Waals surface area contributed by atoms with Crippen molar-refractivity contribution in [1.82, 2.24) is 0 Å². The highest BCUT2D eigenvalue weighted by atomic mass is 16.6. The van der Waals surface area contributed by atoms with Crippen LogP contribution in [-0.2, 0) is 20.9 Å². The largest absolute Gasteiger partial charge is 0.481 e. The normalized spacial score (nSPS) is 9.59. The molecule has 0 saturated heterocycles. The number of ether oxygens (including phenoxy) is 2. The van der Waals surface area contributed by atoms with Gasteiger partial charge in [0.05, 0.1) is 23.3 Å². The zero-order valence-corrected chi connectivity index (χ0v) is 11.5. The number of carboxylic acids is 1. The molecule has 0 aromatic heterocycles. The minimum atomic E-state index is -1.13. The molecule has 1 N–H and O–H groups in total. The van der Waals surface area contributed by atoms with Crippen LogP contribution in [0.4, 0.5) is 5.69 Å². The van der Waals surface area contributed by atoms with Crippen molar-refractivity contribution in [2.24, 2.45) is 0 Å². The van der Waals surface area contributed by atoms with E-state index in [-0.39, 0.29) is 37.3 Å². The Kier molecular flexibility index (Phi) is 6.37. The predicted octanol–water partition coefficient (Wildman–Crippen LogP) is 1.51. The van der Waals surface area contributed by atoms with Gasteiger partial charge in [0.25, 0.3) is 5.69 Å². The van der Waals surface area contributed by atoms with Crippen LogP contribution in [-0.4, -0.2) is 28.6 Å². The SMILES string of the molecule is C#CCOc1ccc([N+](=O)[O-])c(COC(=O)CCC(=O)O)c1. The number of hydrogen-bond donors (Lipinski definition) is 1. The lowest BCUT2D eigenvalue weighted by Gasteiger charge is -2.08. The van der Waals surface area contributed by atoms with Crippen molar-refractivity contribution in [3.05, 3.63) is 33.9 Å². The van der Waals surface area contributed by atoms with Gasteiger partial charge in [-0.15, -0.1) is 6.42 Å². The summed E-state index contributed by atoms with van der Waals surface area (Å²) in [6.45, 7) is -0.363. The van der Waals surface area contributed by atoms with Crippen molar-refractivity contribution in [2.75, 3.05) is 6.61 Å². The molecule has 0 spiro atoms. The summed E-state index contributed by atoms with van der Waals surface area (Å²) in [4.78, 5) is 32.0. The van der Waals surface area contributed by atoms with Crippen LogP contribution in [0.1, 0.15) is 18.4 Å². The van der Waals surface area contributed by atoms with Gasteiger partial charge >= 0.3 is 11.9 Å². The molecule has 22 heavy (non-hydrogen) atoms. The quantitative estimate of drug-likeness (QED) is 0.335. The van der Waals surface area contributed by atoms with Gasteiger partial charge in [-0.1, -0.05) is 5.92 Å². The molecular weight excluding hydrogens is 294 g/mol. The monoisotopic (exact) mass is 307 g/mol. The molecule has 0 atom stereocenters. The lowest BCUT2D eigenvalue weighted by Crippen LogP contribution is -2.08. The Morgan fingerprint density at radius 1 is 1.36 bits per heavy atom. The van der Waals surface area contributed by atoms with Crippen molar-refractivity contribution >= 4 is 17.6 Å². The number of aliphatic carboxylic acids is 1. The number of carbonyl (C=O) groups excluding carboxylic acids is 1. The Bertz CT molecular complexity index is 618. The second-order valence-corrected chi connectivity index (χ2v) is 4.09. The van der Waals surface area contributed by atoms with Crippen LogP contribution in [0.2, 0.25) is 0 Å². The lowest BCUT2D eigenvalue weighted by atomic mass is 10.2. The van der Waals surface area contributed by atoms with Crippen molar-refractivity contribution < 1.29 is 29.1 Å². The van der Waals surface area contributed by atoms with Gasteiger partial charge in [-0.3, -0.25) is 19.7 Å². The summed E-state index contributed by atoms with van der Waals surface area (Å²) in [6.07, 6.45) is 4.37. The number of nitro benzene ring substituents is 1. The first-order valence-electron chi connectivity index (χ1n) is 6.15. The minimum absolute atomic E-state index is 0.00432. The molecular formula is C14H13NO7. The molecule has 0 radical (unpaired) electrons. The zero-order valence-electron chi connectivity index (χ0n) is 11.5. The summed E-state index contributed by atoms with van der Waals surface area (Å²) in [6, 6.07) is 3.94. The summed E-state index contributed by atoms with van der Waals surface area (Å²) in [5, 5.41) is 19.4. The van der Waals surface area contributed by atoms with Crippen molar-refractivity contribution in [1.29, 1.82) is 0 Å². The average Bonchev–Trinajstić information content (AvgIpc) is 2.48. The molecule has 0 saturated carbocycles. The van der Waals surface area contributed by atoms with Gasteiger partial charge in [0.15, 0.2) is 0 Å². The molecule has 0 bridgehead atoms. The molecule has 1 rings (SSSR count). The predicted molar refractivity (Wildman–Crippen MR) is 74.1 cm³/mol. The van der Waals surface area contributed by atoms with Crippen LogP contribution in [0.15, 0.2) is 18.2 Å². The van der Waals surface area contributed by atoms with E-state index in [1.165, 1.54) is 18.2 Å². The fourth-order valence-corrected chi connectivity index (χ4v) is 1.51. The van der Waals surface area contributed by atoms with E-state index in [4.69, 9.17) is 21.0 Å². The molecule has 0 aliphatic heterocycles. The summed E-state index contributed by atoms with van der Waals surface area (Å²) < 4.78 is 9.97. The minimum Gasteiger partial charge on any atom is -0.481 e. The van der Waals surface area contributed by atoms with Crippen LogP contribution < -0.4 is 4.74 Å². The summed E-state index contributed by atoms with van der Waals surface area (Å²) in [5.74, 6) is 0.670. The van der Waals surface area contributed by atoms with E-state index in [2.05, 4.69) is 5.92 Å². The lowest BCUT2D eigenvalue weighted by molar-refractivity contribution is -0.385. The molecule has 1 aromatic rings. The van der Waals surface area contributed by atoms with Gasteiger partial charge in [0.1, 0.15) is 19.0 Å². The van der Waals surface area contributed by atoms with Crippen LogP contribution in [0.3, 0.4) is 0 Å². The number of terminal acetylenes is 1. The second-order valence-electron chi connectivity index (χ2n) is 4.09. The molecule has 116 valence electrons. The number of benzene rings is 1. The molecule has 0 aliphatic carbocycles. The van der Waals surface area contributed by atoms with Crippen molar-refractivity contribution in [3.8, 4) is 18.1 Å². The number of carboxylic acid groups (broad SMARTS) is 1. The molecule has 8 heteroatoms. The molecule has 0 heterocycles. The number of esters is 1. The van der Waals surface area contributed by atoms with Crippen LogP contribution in [0.5, 0.6) is 5.75 Å². The smallest absolute Gasteiger partial charge is 0.306 e. The maximum atomic E-state index is 11.3. The van der Waals surface area contributed by atoms with Crippen LogP contribution >= 0.6 is 0 Å². The van der Waals surface area contributed by atoms with Gasteiger partial charge in [-0.05, 0) is 12.1 Å². The van der Waals surface area contributed by atoms with Gasteiger partial charge < -0.3 is 14.6 Å². The molecule has 8 nitrogen and oxygen atoms in total. The van der Waals surface area contributed by atoms with Crippen LogP contribution in [0, 0.1) is 22.5 Å². The molecule has 0 amide bonds. The number of carbonyl (C=O) groups is 2. The van der Waals surface area contributed by atoms with E-state index in [1.807, 2.05) is 0 Å². The first-order chi connectivity index (χ1) is 10.4. The van der Waals surface area contributed by atoms with Crippen LogP contribution in [0.25, 0.3) is 0 Å². The zero-order chi connectivity index (χ0) is 16.5. The van der Waals surface area contributed by atoms with E-state index in [0.29, 0.717) is 5.75 Å². The molecule has 0 fully saturated rings. The number of nitrogens with zero attached hydrogens (tertiary/aromatic N) is 1. The average molecular weight is 307 g/mol. The van der Waals surface area contributed by atoms with Gasteiger partial charge in [0.2, 0.25) is 0 Å². The Morgan fingerprint density at radius 2 is 2.09 bits per heavy atom. The molecule has 0 unspecified atom stereocenters. The Labute approximate surface area is 125 Å². The fraction of sp³-hybridized carbons (Fsp3) is 0.286. The van der Waals surface area contributed by atoms with E-state index in [0.717, 1.165) is 0 Å². The first kappa shape index (κ1) is 17.0. The second kappa shape index (κ2) is 8.26. The Morgan fingerprint density at radius 3 is 2.68 bits per heavy atom. The Hall–Kier alpha value is -3.08. The number of hydrogen-bond acceptors (Lipinski definition) is 6. The topological polar surface area (TPSA) is 116 Å².